The summed E-state index contributed by atoms with van der Waals surface area (Å²) in [6, 6.07) is 8.10. The van der Waals surface area contributed by atoms with Crippen molar-refractivity contribution in [3.8, 4) is 28.1 Å². The summed E-state index contributed by atoms with van der Waals surface area (Å²) < 4.78 is 16.1. The maximum atomic E-state index is 9.00. The summed E-state index contributed by atoms with van der Waals surface area (Å²) >= 11 is 1.62. The predicted molar refractivity (Wildman–Crippen MR) is 113 cm³/mol. The molecule has 0 bridgehead atoms. The molecule has 1 saturated heterocycles. The van der Waals surface area contributed by atoms with Crippen molar-refractivity contribution in [3.63, 3.8) is 0 Å². The van der Waals surface area contributed by atoms with Crippen molar-refractivity contribution < 1.29 is 14.2 Å². The number of methoxy groups -OCH3 is 2. The number of nitrogens with zero attached hydrogens (tertiary/aromatic N) is 4. The molecule has 1 aromatic carbocycles. The highest BCUT2D eigenvalue weighted by Gasteiger charge is 2.15. The van der Waals surface area contributed by atoms with E-state index in [1.807, 2.05) is 18.2 Å². The average molecular weight is 417 g/mol. The second kappa shape index (κ2) is 11.1. The molecule has 156 valence electrons. The van der Waals surface area contributed by atoms with Crippen LogP contribution in [0.1, 0.15) is 12.1 Å². The van der Waals surface area contributed by atoms with E-state index < -0.39 is 0 Å². The van der Waals surface area contributed by atoms with Gasteiger partial charge in [0.2, 0.25) is 0 Å². The maximum Gasteiger partial charge on any atom is 0.161 e. The zero-order valence-corrected chi connectivity index (χ0v) is 17.9. The molecule has 1 aliphatic heterocycles. The lowest BCUT2D eigenvalue weighted by Gasteiger charge is -2.29. The molecule has 0 radical (unpaired) electrons. The second-order valence-corrected chi connectivity index (χ2v) is 7.71. The molecule has 8 heteroatoms. The maximum absolute atomic E-state index is 9.00. The van der Waals surface area contributed by atoms with Crippen molar-refractivity contribution in [2.75, 3.05) is 60.2 Å². The van der Waals surface area contributed by atoms with Crippen LogP contribution in [-0.4, -0.2) is 74.9 Å². The molecular weight excluding hydrogens is 388 g/mol. The van der Waals surface area contributed by atoms with Crippen molar-refractivity contribution in [3.05, 3.63) is 29.3 Å². The summed E-state index contributed by atoms with van der Waals surface area (Å²) in [6.07, 6.45) is 0.524. The van der Waals surface area contributed by atoms with E-state index in [1.165, 1.54) is 0 Å². The van der Waals surface area contributed by atoms with Gasteiger partial charge in [0, 0.05) is 56.6 Å². The molecule has 0 N–H and O–H groups in total. The molecule has 29 heavy (non-hydrogen) atoms. The molecule has 0 spiro atoms. The summed E-state index contributed by atoms with van der Waals surface area (Å²) in [6.45, 7) is 6.97. The van der Waals surface area contributed by atoms with E-state index in [4.69, 9.17) is 24.5 Å². The summed E-state index contributed by atoms with van der Waals surface area (Å²) in [5, 5.41) is 12.1. The van der Waals surface area contributed by atoms with Crippen LogP contribution in [0.25, 0.3) is 10.6 Å². The van der Waals surface area contributed by atoms with E-state index in [0.29, 0.717) is 17.9 Å². The Balaban J connectivity index is 1.64. The van der Waals surface area contributed by atoms with Gasteiger partial charge in [0.1, 0.15) is 5.01 Å². The molecule has 1 fully saturated rings. The predicted octanol–water partition coefficient (Wildman–Crippen LogP) is 2.88. The van der Waals surface area contributed by atoms with Crippen LogP contribution >= 0.6 is 11.3 Å². The lowest BCUT2D eigenvalue weighted by Crippen LogP contribution is -2.41. The van der Waals surface area contributed by atoms with Gasteiger partial charge in [-0.05, 0) is 18.2 Å². The van der Waals surface area contributed by atoms with E-state index >= 15 is 0 Å². The fraction of sp³-hybridized carbons (Fsp3) is 0.524. The van der Waals surface area contributed by atoms with Crippen molar-refractivity contribution in [1.82, 2.24) is 14.8 Å². The molecule has 1 aromatic heterocycles. The number of aromatic nitrogens is 1. The first-order chi connectivity index (χ1) is 14.2. The van der Waals surface area contributed by atoms with Gasteiger partial charge >= 0.3 is 0 Å². The molecule has 2 heterocycles. The van der Waals surface area contributed by atoms with E-state index in [-0.39, 0.29) is 0 Å². The first kappa shape index (κ1) is 21.5. The van der Waals surface area contributed by atoms with E-state index in [9.17, 15) is 0 Å². The topological polar surface area (TPSA) is 70.9 Å². The molecule has 2 aromatic rings. The van der Waals surface area contributed by atoms with E-state index in [1.54, 1.807) is 25.6 Å². The lowest BCUT2D eigenvalue weighted by atomic mass is 10.2. The second-order valence-electron chi connectivity index (χ2n) is 6.85. The molecule has 0 unspecified atom stereocenters. The van der Waals surface area contributed by atoms with Gasteiger partial charge in [-0.2, -0.15) is 5.26 Å². The highest BCUT2D eigenvalue weighted by Crippen LogP contribution is 2.33. The molecule has 0 aliphatic carbocycles. The standard InChI is InChI=1S/C21H28N4O3S/c1-26-19-5-4-17(14-20(19)27-2)21-23-18(16-29-21)15-25(7-3-6-22)9-8-24-10-12-28-13-11-24/h4-5,14,16H,3,7-13,15H2,1-2H3. The molecular formula is C21H28N4O3S. The third kappa shape index (κ3) is 6.15. The Hall–Kier alpha value is -2.18. The quantitative estimate of drug-likeness (QED) is 0.590. The largest absolute Gasteiger partial charge is 0.493 e. The number of morpholine rings is 1. The number of nitriles is 1. The minimum atomic E-state index is 0.524. The first-order valence-corrected chi connectivity index (χ1v) is 10.7. The Bertz CT molecular complexity index is 814. The number of thiazole rings is 1. The molecule has 0 amide bonds. The lowest BCUT2D eigenvalue weighted by molar-refractivity contribution is 0.0330. The summed E-state index contributed by atoms with van der Waals surface area (Å²) in [4.78, 5) is 9.55. The summed E-state index contributed by atoms with van der Waals surface area (Å²) in [5.41, 5.74) is 2.04. The molecule has 1 aliphatic rings. The Kier molecular flexibility index (Phi) is 8.25. The number of hydrogen-bond donors (Lipinski definition) is 0. The summed E-state index contributed by atoms with van der Waals surface area (Å²) in [5.74, 6) is 1.40. The molecule has 0 saturated carbocycles. The van der Waals surface area contributed by atoms with Crippen LogP contribution in [0, 0.1) is 11.3 Å². The first-order valence-electron chi connectivity index (χ1n) is 9.79. The SMILES string of the molecule is COc1ccc(-c2nc(CN(CCC#N)CCN3CCOCC3)cs2)cc1OC. The van der Waals surface area contributed by atoms with Gasteiger partial charge < -0.3 is 14.2 Å². The smallest absolute Gasteiger partial charge is 0.161 e. The van der Waals surface area contributed by atoms with Crippen molar-refractivity contribution in [1.29, 1.82) is 5.26 Å². The number of hydrogen-bond acceptors (Lipinski definition) is 8. The van der Waals surface area contributed by atoms with Gasteiger partial charge in [-0.3, -0.25) is 9.80 Å². The third-order valence-corrected chi connectivity index (χ3v) is 5.88. The average Bonchev–Trinajstić information content (AvgIpc) is 3.24. The van der Waals surface area contributed by atoms with Crippen LogP contribution in [0.4, 0.5) is 0 Å². The minimum Gasteiger partial charge on any atom is -0.493 e. The number of ether oxygens (including phenoxy) is 3. The summed E-state index contributed by atoms with van der Waals surface area (Å²) in [7, 11) is 3.27. The molecule has 3 rings (SSSR count). The van der Waals surface area contributed by atoms with Crippen LogP contribution in [0.3, 0.4) is 0 Å². The van der Waals surface area contributed by atoms with Crippen LogP contribution in [0.2, 0.25) is 0 Å². The zero-order chi connectivity index (χ0) is 20.5. The highest BCUT2D eigenvalue weighted by molar-refractivity contribution is 7.13. The monoisotopic (exact) mass is 416 g/mol. The van der Waals surface area contributed by atoms with E-state index in [2.05, 4.69) is 21.2 Å². The van der Waals surface area contributed by atoms with Crippen LogP contribution in [0.5, 0.6) is 11.5 Å². The molecule has 0 atom stereocenters. The van der Waals surface area contributed by atoms with Crippen molar-refractivity contribution in [2.24, 2.45) is 0 Å². The Morgan fingerprint density at radius 3 is 2.72 bits per heavy atom. The van der Waals surface area contributed by atoms with Gasteiger partial charge in [0.25, 0.3) is 0 Å². The van der Waals surface area contributed by atoms with Gasteiger partial charge in [0.05, 0.1) is 39.2 Å². The number of rotatable bonds is 10. The van der Waals surface area contributed by atoms with Gasteiger partial charge in [-0.25, -0.2) is 4.98 Å². The Morgan fingerprint density at radius 1 is 1.21 bits per heavy atom. The molecule has 7 nitrogen and oxygen atoms in total. The Labute approximate surface area is 176 Å². The van der Waals surface area contributed by atoms with Crippen LogP contribution in [0.15, 0.2) is 23.6 Å². The zero-order valence-electron chi connectivity index (χ0n) is 17.1. The van der Waals surface area contributed by atoms with Gasteiger partial charge in [-0.15, -0.1) is 11.3 Å². The highest BCUT2D eigenvalue weighted by atomic mass is 32.1. The normalized spacial score (nSPS) is 14.7. The van der Waals surface area contributed by atoms with Crippen LogP contribution < -0.4 is 9.47 Å². The fourth-order valence-electron chi connectivity index (χ4n) is 3.30. The third-order valence-electron chi connectivity index (χ3n) is 4.94. The number of benzene rings is 1. The van der Waals surface area contributed by atoms with Gasteiger partial charge in [0.15, 0.2) is 11.5 Å². The van der Waals surface area contributed by atoms with E-state index in [0.717, 1.165) is 68.7 Å². The van der Waals surface area contributed by atoms with Crippen molar-refractivity contribution >= 4 is 11.3 Å². The van der Waals surface area contributed by atoms with Crippen LogP contribution in [-0.2, 0) is 11.3 Å². The fourth-order valence-corrected chi connectivity index (χ4v) is 4.10. The van der Waals surface area contributed by atoms with Crippen molar-refractivity contribution in [2.45, 2.75) is 13.0 Å². The Morgan fingerprint density at radius 2 is 2.00 bits per heavy atom. The minimum absolute atomic E-state index is 0.524. The van der Waals surface area contributed by atoms with Gasteiger partial charge in [-0.1, -0.05) is 0 Å².